The molecule has 0 saturated heterocycles. The highest BCUT2D eigenvalue weighted by atomic mass is 28.3. The van der Waals surface area contributed by atoms with E-state index in [1.54, 1.807) is 19.6 Å². The summed E-state index contributed by atoms with van der Waals surface area (Å²) in [6.45, 7) is 7.57. The molecule has 0 aliphatic heterocycles. The smallest absolute Gasteiger partial charge is 0.229 e. The number of aromatic nitrogens is 2. The number of Topliss-reactive ketones (excluding diaryl/α,β-unsaturated/α-hetero) is 1. The third-order valence-electron chi connectivity index (χ3n) is 4.64. The Labute approximate surface area is 184 Å². The van der Waals surface area contributed by atoms with Gasteiger partial charge in [-0.25, -0.2) is 17.6 Å². The normalized spacial score (nSPS) is 14.7. The second-order valence-electron chi connectivity index (χ2n) is 7.90. The summed E-state index contributed by atoms with van der Waals surface area (Å²) in [5, 5.41) is -0.278. The van der Waals surface area contributed by atoms with Crippen molar-refractivity contribution in [2.75, 3.05) is 13.2 Å². The maximum atomic E-state index is 15.5. The van der Waals surface area contributed by atoms with Crippen LogP contribution in [-0.2, 0) is 24.7 Å². The van der Waals surface area contributed by atoms with Crippen molar-refractivity contribution in [2.24, 2.45) is 0 Å². The third kappa shape index (κ3) is 4.79. The molecule has 11 heteroatoms. The molecule has 2 rings (SSSR count). The minimum atomic E-state index is -2.68. The molecule has 0 radical (unpaired) electrons. The maximum absolute atomic E-state index is 15.5. The van der Waals surface area contributed by atoms with E-state index >= 15 is 4.39 Å². The Hall–Kier alpha value is -2.50. The van der Waals surface area contributed by atoms with Crippen LogP contribution >= 0.6 is 0 Å². The van der Waals surface area contributed by atoms with E-state index in [0.29, 0.717) is 18.5 Å². The summed E-state index contributed by atoms with van der Waals surface area (Å²) >= 11 is 0. The molecule has 32 heavy (non-hydrogen) atoms. The number of aldehydes is 1. The molecule has 0 aromatic carbocycles. The summed E-state index contributed by atoms with van der Waals surface area (Å²) in [4.78, 5) is 33.1. The second kappa shape index (κ2) is 9.97. The topological polar surface area (TPSA) is 78.4 Å². The summed E-state index contributed by atoms with van der Waals surface area (Å²) in [5.41, 5.74) is -4.05. The van der Waals surface area contributed by atoms with Gasteiger partial charge in [0.25, 0.3) is 0 Å². The number of nitrogens with zero attached hydrogens (tertiary/aromatic N) is 2. The molecule has 2 aromatic heterocycles. The van der Waals surface area contributed by atoms with E-state index in [2.05, 4.69) is 9.97 Å². The highest BCUT2D eigenvalue weighted by Gasteiger charge is 2.51. The molecule has 0 saturated carbocycles. The van der Waals surface area contributed by atoms with Gasteiger partial charge in [0.15, 0.2) is 24.0 Å². The molecule has 2 aromatic rings. The molecular formula is C21H24F4N2O4Si. The number of rotatable bonds is 10. The van der Waals surface area contributed by atoms with Crippen LogP contribution in [0.2, 0.25) is 19.6 Å². The highest BCUT2D eigenvalue weighted by Crippen LogP contribution is 2.34. The Morgan fingerprint density at radius 2 is 1.75 bits per heavy atom. The molecular weight excluding hydrogens is 448 g/mol. The number of hydrogen-bond donors (Lipinski definition) is 0. The van der Waals surface area contributed by atoms with Crippen molar-refractivity contribution in [1.82, 2.24) is 9.97 Å². The summed E-state index contributed by atoms with van der Waals surface area (Å²) < 4.78 is 68.4. The van der Waals surface area contributed by atoms with Crippen LogP contribution in [-0.4, -0.2) is 43.3 Å². The minimum Gasteiger partial charge on any atom is -0.364 e. The highest BCUT2D eigenvalue weighted by molar-refractivity contribution is 6.88. The van der Waals surface area contributed by atoms with E-state index in [0.717, 1.165) is 0 Å². The quantitative estimate of drug-likeness (QED) is 0.228. The zero-order chi connectivity index (χ0) is 24.3. The van der Waals surface area contributed by atoms with Crippen LogP contribution in [0.4, 0.5) is 17.6 Å². The molecule has 2 atom stereocenters. The predicted molar refractivity (Wildman–Crippen MR) is 110 cm³/mol. The van der Waals surface area contributed by atoms with Crippen LogP contribution in [0.3, 0.4) is 0 Å². The lowest BCUT2D eigenvalue weighted by Gasteiger charge is -2.31. The van der Waals surface area contributed by atoms with Gasteiger partial charge in [0.1, 0.15) is 23.0 Å². The van der Waals surface area contributed by atoms with Gasteiger partial charge in [-0.1, -0.05) is 19.6 Å². The van der Waals surface area contributed by atoms with E-state index in [4.69, 9.17) is 9.47 Å². The average Bonchev–Trinajstić information content (AvgIpc) is 2.70. The SMILES string of the molecule is CCOC(C(=O)C(C=O)(OCC)c1ncc(F)c([Si](C)(C)C)c1F)c1ncc(F)cc1F. The molecule has 174 valence electrons. The van der Waals surface area contributed by atoms with Gasteiger partial charge in [-0.05, 0) is 13.8 Å². The summed E-state index contributed by atoms with van der Waals surface area (Å²) in [6.07, 6.45) is -0.452. The Morgan fingerprint density at radius 3 is 2.25 bits per heavy atom. The van der Waals surface area contributed by atoms with Crippen molar-refractivity contribution in [3.05, 3.63) is 53.1 Å². The summed E-state index contributed by atoms with van der Waals surface area (Å²) in [5.74, 6) is -5.54. The lowest BCUT2D eigenvalue weighted by atomic mass is 9.89. The van der Waals surface area contributed by atoms with Crippen LogP contribution in [0.1, 0.15) is 31.3 Å². The van der Waals surface area contributed by atoms with E-state index in [-0.39, 0.29) is 24.7 Å². The first-order valence-electron chi connectivity index (χ1n) is 9.86. The Balaban J connectivity index is 2.79. The van der Waals surface area contributed by atoms with Gasteiger partial charge in [0.05, 0.1) is 20.5 Å². The van der Waals surface area contributed by atoms with Crippen molar-refractivity contribution in [3.63, 3.8) is 0 Å². The van der Waals surface area contributed by atoms with Crippen LogP contribution in [0.5, 0.6) is 0 Å². The molecule has 0 bridgehead atoms. The molecule has 0 aliphatic rings. The molecule has 0 N–H and O–H groups in total. The molecule has 0 amide bonds. The van der Waals surface area contributed by atoms with Crippen LogP contribution in [0, 0.1) is 23.3 Å². The fourth-order valence-electron chi connectivity index (χ4n) is 3.30. The number of carbonyl (C=O) groups is 2. The van der Waals surface area contributed by atoms with Gasteiger partial charge in [-0.15, -0.1) is 0 Å². The van der Waals surface area contributed by atoms with Crippen molar-refractivity contribution >= 4 is 25.3 Å². The zero-order valence-electron chi connectivity index (χ0n) is 18.3. The Morgan fingerprint density at radius 1 is 1.09 bits per heavy atom. The van der Waals surface area contributed by atoms with E-state index in [1.165, 1.54) is 13.8 Å². The lowest BCUT2D eigenvalue weighted by molar-refractivity contribution is -0.162. The molecule has 2 heterocycles. The number of carbonyl (C=O) groups excluding carboxylic acids is 2. The number of ketones is 1. The number of pyridine rings is 2. The molecule has 6 nitrogen and oxygen atoms in total. The van der Waals surface area contributed by atoms with Gasteiger partial charge < -0.3 is 9.47 Å². The van der Waals surface area contributed by atoms with Crippen molar-refractivity contribution < 1.29 is 36.6 Å². The van der Waals surface area contributed by atoms with Crippen LogP contribution < -0.4 is 5.19 Å². The van der Waals surface area contributed by atoms with Gasteiger partial charge in [0, 0.05) is 24.5 Å². The van der Waals surface area contributed by atoms with Crippen molar-refractivity contribution in [1.29, 1.82) is 0 Å². The van der Waals surface area contributed by atoms with Gasteiger partial charge >= 0.3 is 0 Å². The van der Waals surface area contributed by atoms with Crippen LogP contribution in [0.25, 0.3) is 0 Å². The van der Waals surface area contributed by atoms with Crippen LogP contribution in [0.15, 0.2) is 18.5 Å². The predicted octanol–water partition coefficient (Wildman–Crippen LogP) is 3.36. The number of ether oxygens (including phenoxy) is 2. The van der Waals surface area contributed by atoms with Crippen molar-refractivity contribution in [2.45, 2.75) is 45.2 Å². The molecule has 0 fully saturated rings. The monoisotopic (exact) mass is 472 g/mol. The van der Waals surface area contributed by atoms with E-state index in [1.807, 2.05) is 0 Å². The first kappa shape index (κ1) is 25.8. The number of halogens is 4. The number of hydrogen-bond acceptors (Lipinski definition) is 6. The fraction of sp³-hybridized carbons (Fsp3) is 0.429. The van der Waals surface area contributed by atoms with E-state index < -0.39 is 60.2 Å². The van der Waals surface area contributed by atoms with E-state index in [9.17, 15) is 22.8 Å². The molecule has 2 unspecified atom stereocenters. The van der Waals surface area contributed by atoms with Crippen molar-refractivity contribution in [3.8, 4) is 0 Å². The minimum absolute atomic E-state index is 0.0175. The van der Waals surface area contributed by atoms with Gasteiger partial charge in [0.2, 0.25) is 11.4 Å². The Kier molecular flexibility index (Phi) is 8.02. The molecule has 0 aliphatic carbocycles. The largest absolute Gasteiger partial charge is 0.364 e. The van der Waals surface area contributed by atoms with Gasteiger partial charge in [-0.2, -0.15) is 0 Å². The third-order valence-corrected chi connectivity index (χ3v) is 6.59. The average molecular weight is 473 g/mol. The standard InChI is InChI=1S/C21H24F4N2O4Si/c1-6-30-17(16-13(23)8-12(22)9-26-16)20(29)21(11-28,31-7-2)19-15(25)18(32(3,4)5)14(24)10-27-19/h8-11,17H,6-7H2,1-5H3. The zero-order valence-corrected chi connectivity index (χ0v) is 19.3. The fourth-order valence-corrected chi connectivity index (χ4v) is 4.86. The van der Waals surface area contributed by atoms with Gasteiger partial charge in [-0.3, -0.25) is 19.6 Å². The maximum Gasteiger partial charge on any atom is 0.229 e. The first-order chi connectivity index (χ1) is 14.9. The first-order valence-corrected chi connectivity index (χ1v) is 13.4. The molecule has 0 spiro atoms. The summed E-state index contributed by atoms with van der Waals surface area (Å²) in [6, 6.07) is 0.491. The lowest BCUT2D eigenvalue weighted by Crippen LogP contribution is -2.50. The summed E-state index contributed by atoms with van der Waals surface area (Å²) in [7, 11) is -2.64. The Bertz CT molecular complexity index is 1020. The second-order valence-corrected chi connectivity index (χ2v) is 12.9.